The van der Waals surface area contributed by atoms with Crippen molar-refractivity contribution in [3.05, 3.63) is 29.3 Å². The molecule has 0 aliphatic carbocycles. The minimum absolute atomic E-state index is 0.0305. The van der Waals surface area contributed by atoms with Crippen LogP contribution in [-0.2, 0) is 19.1 Å². The molecule has 2 unspecified atom stereocenters. The maximum atomic E-state index is 13.2. The summed E-state index contributed by atoms with van der Waals surface area (Å²) in [6, 6.07) is 0. The van der Waals surface area contributed by atoms with Crippen LogP contribution in [0.15, 0.2) is 29.3 Å². The first-order valence-corrected chi connectivity index (χ1v) is 21.0. The summed E-state index contributed by atoms with van der Waals surface area (Å²) in [4.78, 5) is 29.1. The van der Waals surface area contributed by atoms with E-state index < -0.39 is 0 Å². The van der Waals surface area contributed by atoms with Gasteiger partial charge in [-0.3, -0.25) is 9.59 Å². The second-order valence-electron chi connectivity index (χ2n) is 15.1. The first-order chi connectivity index (χ1) is 24.1. The van der Waals surface area contributed by atoms with Gasteiger partial charge in [-0.25, -0.2) is 0 Å². The molecule has 2 rings (SSSR count). The molecule has 5 nitrogen and oxygen atoms in total. The number of hydrogen-bond donors (Lipinski definition) is 0. The van der Waals surface area contributed by atoms with Crippen LogP contribution in [0.1, 0.15) is 187 Å². The summed E-state index contributed by atoms with van der Waals surface area (Å²) in [5.74, 6) is 0.529. The maximum absolute atomic E-state index is 13.2. The van der Waals surface area contributed by atoms with Gasteiger partial charge < -0.3 is 14.4 Å². The number of hydrogen-bond acceptors (Lipinski definition) is 5. The van der Waals surface area contributed by atoms with Crippen LogP contribution in [-0.4, -0.2) is 49.7 Å². The number of likely N-dealkylation sites (tertiary alicyclic amines) is 1. The van der Waals surface area contributed by atoms with Crippen LogP contribution < -0.4 is 0 Å². The number of nitrogens with zero attached hydrogens (tertiary/aromatic N) is 1. The Bertz CT molecular complexity index is 929. The molecule has 5 heteroatoms. The second kappa shape index (κ2) is 29.7. The highest BCUT2D eigenvalue weighted by Crippen LogP contribution is 2.34. The molecule has 0 radical (unpaired) electrons. The summed E-state index contributed by atoms with van der Waals surface area (Å²) < 4.78 is 11.6. The Kier molecular flexibility index (Phi) is 26.1. The summed E-state index contributed by atoms with van der Waals surface area (Å²) in [6.45, 7) is 13.0. The van der Waals surface area contributed by atoms with E-state index in [-0.39, 0.29) is 23.8 Å². The predicted octanol–water partition coefficient (Wildman–Crippen LogP) is 11.8. The molecule has 280 valence electrons. The molecule has 0 saturated carbocycles. The summed E-state index contributed by atoms with van der Waals surface area (Å²) in [6.07, 6.45) is 30.2. The van der Waals surface area contributed by atoms with E-state index in [1.807, 2.05) is 0 Å². The van der Waals surface area contributed by atoms with Gasteiger partial charge in [0, 0.05) is 0 Å². The van der Waals surface area contributed by atoms with Crippen molar-refractivity contribution in [2.24, 2.45) is 17.8 Å². The summed E-state index contributed by atoms with van der Waals surface area (Å²) in [7, 11) is 0. The fourth-order valence-electron chi connectivity index (χ4n) is 7.85. The van der Waals surface area contributed by atoms with Crippen molar-refractivity contribution in [3.8, 4) is 0 Å². The van der Waals surface area contributed by atoms with Crippen molar-refractivity contribution < 1.29 is 19.1 Å². The van der Waals surface area contributed by atoms with Crippen LogP contribution in [0, 0.1) is 17.8 Å². The highest BCUT2D eigenvalue weighted by molar-refractivity contribution is 5.71. The third kappa shape index (κ3) is 21.7. The van der Waals surface area contributed by atoms with Crippen molar-refractivity contribution in [3.63, 3.8) is 0 Å². The van der Waals surface area contributed by atoms with Crippen LogP contribution >= 0.6 is 0 Å². The minimum Gasteiger partial charge on any atom is -0.466 e. The number of esters is 2. The van der Waals surface area contributed by atoms with E-state index in [0.29, 0.717) is 26.1 Å². The first kappa shape index (κ1) is 43.1. The van der Waals surface area contributed by atoms with Crippen molar-refractivity contribution >= 4 is 11.9 Å². The molecule has 0 amide bonds. The molecule has 2 atom stereocenters. The predicted molar refractivity (Wildman–Crippen MR) is 205 cm³/mol. The van der Waals surface area contributed by atoms with Gasteiger partial charge in [-0.05, 0) is 100 Å². The number of carbonyl (C=O) groups is 2. The van der Waals surface area contributed by atoms with Crippen molar-refractivity contribution in [2.45, 2.75) is 187 Å². The molecule has 2 aliphatic heterocycles. The van der Waals surface area contributed by atoms with Gasteiger partial charge in [0.1, 0.15) is 0 Å². The Morgan fingerprint density at radius 1 is 0.633 bits per heavy atom. The zero-order valence-electron chi connectivity index (χ0n) is 32.1. The maximum Gasteiger partial charge on any atom is 0.306 e. The Morgan fingerprint density at radius 2 is 1.10 bits per heavy atom. The lowest BCUT2D eigenvalue weighted by Gasteiger charge is -2.25. The molecule has 0 bridgehead atoms. The largest absolute Gasteiger partial charge is 0.466 e. The lowest BCUT2D eigenvalue weighted by atomic mass is 9.79. The van der Waals surface area contributed by atoms with E-state index in [4.69, 9.17) is 9.47 Å². The highest BCUT2D eigenvalue weighted by atomic mass is 16.5. The molecular formula is C44H75NO4. The second-order valence-corrected chi connectivity index (χ2v) is 15.1. The minimum atomic E-state index is -0.139. The van der Waals surface area contributed by atoms with E-state index in [1.165, 1.54) is 103 Å². The number of rotatable bonds is 11. The zero-order chi connectivity index (χ0) is 35.2. The van der Waals surface area contributed by atoms with E-state index >= 15 is 0 Å². The average Bonchev–Trinajstić information content (AvgIpc) is 3.62. The van der Waals surface area contributed by atoms with Crippen molar-refractivity contribution in [1.29, 1.82) is 0 Å². The van der Waals surface area contributed by atoms with Crippen molar-refractivity contribution in [2.75, 3.05) is 32.8 Å². The quantitative estimate of drug-likeness (QED) is 0.123. The molecule has 0 N–H and O–H groups in total. The Hall–Kier alpha value is -2.02. The van der Waals surface area contributed by atoms with Crippen molar-refractivity contribution in [1.82, 2.24) is 4.90 Å². The first-order valence-electron chi connectivity index (χ1n) is 21.0. The fraction of sp³-hybridized carbons (Fsp3) is 0.841. The van der Waals surface area contributed by atoms with Gasteiger partial charge in [0.2, 0.25) is 0 Å². The molecule has 2 aliphatic rings. The monoisotopic (exact) mass is 682 g/mol. The summed E-state index contributed by atoms with van der Waals surface area (Å²) in [5.41, 5.74) is 10.0. The van der Waals surface area contributed by atoms with Gasteiger partial charge in [-0.2, -0.15) is 0 Å². The SMILES string of the molecule is C=C=C=C=C1C(CCCCC)CC(=O)OCCCCCCCCC(CCN2CCCC2)CCCCCCCCOC(=O)CC1CCCCC. The molecule has 2 saturated heterocycles. The van der Waals surface area contributed by atoms with Gasteiger partial charge in [-0.1, -0.05) is 141 Å². The van der Waals surface area contributed by atoms with Gasteiger partial charge in [-0.15, -0.1) is 0 Å². The van der Waals surface area contributed by atoms with Gasteiger partial charge >= 0.3 is 11.9 Å². The number of ether oxygens (including phenoxy) is 2. The molecule has 0 aromatic heterocycles. The number of allylic oxidation sites excluding steroid dienone is 1. The number of cyclic esters (lactones) is 2. The summed E-state index contributed by atoms with van der Waals surface area (Å²) in [5, 5.41) is 0. The van der Waals surface area contributed by atoms with Gasteiger partial charge in [0.25, 0.3) is 0 Å². The van der Waals surface area contributed by atoms with Gasteiger partial charge in [0.05, 0.1) is 26.1 Å². The van der Waals surface area contributed by atoms with E-state index in [0.717, 1.165) is 88.5 Å². The number of carbonyl (C=O) groups excluding carboxylic acids is 2. The third-order valence-corrected chi connectivity index (χ3v) is 10.9. The highest BCUT2D eigenvalue weighted by Gasteiger charge is 2.28. The van der Waals surface area contributed by atoms with E-state index in [9.17, 15) is 9.59 Å². The molecule has 0 aromatic rings. The lowest BCUT2D eigenvalue weighted by molar-refractivity contribution is -0.145. The molecule has 0 aromatic carbocycles. The fourth-order valence-corrected chi connectivity index (χ4v) is 7.85. The van der Waals surface area contributed by atoms with Gasteiger partial charge in [0.15, 0.2) is 0 Å². The number of unbranched alkanes of at least 4 members (excludes halogenated alkanes) is 4. The molecular weight excluding hydrogens is 606 g/mol. The van der Waals surface area contributed by atoms with Crippen LogP contribution in [0.3, 0.4) is 0 Å². The lowest BCUT2D eigenvalue weighted by Crippen LogP contribution is -2.22. The molecule has 0 spiro atoms. The molecule has 49 heavy (non-hydrogen) atoms. The Balaban J connectivity index is 2.06. The Morgan fingerprint density at radius 3 is 1.57 bits per heavy atom. The molecule has 2 fully saturated rings. The van der Waals surface area contributed by atoms with Crippen LogP contribution in [0.25, 0.3) is 0 Å². The van der Waals surface area contributed by atoms with E-state index in [1.54, 1.807) is 0 Å². The van der Waals surface area contributed by atoms with E-state index in [2.05, 4.69) is 42.5 Å². The Labute approximate surface area is 302 Å². The zero-order valence-corrected chi connectivity index (χ0v) is 32.1. The standard InChI is InChI=1S/C44H75NO4/c1-4-7-18-28-40-37-43(46)48-35-24-16-12-10-14-20-26-39(31-34-45-32-22-23-33-45)27-21-15-11-13-17-25-36-49-44(47)38-41(29-19-8-5-2)42(40)30-9-6-3/h39-41H,3-5,7-8,10-29,31-38H2,1-2H3. The third-order valence-electron chi connectivity index (χ3n) is 10.9. The van der Waals surface area contributed by atoms with Crippen LogP contribution in [0.2, 0.25) is 0 Å². The topological polar surface area (TPSA) is 55.8 Å². The average molecular weight is 682 g/mol. The van der Waals surface area contributed by atoms with Crippen LogP contribution in [0.4, 0.5) is 0 Å². The smallest absolute Gasteiger partial charge is 0.306 e. The molecule has 2 heterocycles. The van der Waals surface area contributed by atoms with Crippen LogP contribution in [0.5, 0.6) is 0 Å². The normalized spacial score (nSPS) is 24.3. The summed E-state index contributed by atoms with van der Waals surface area (Å²) >= 11 is 0.